The second kappa shape index (κ2) is 95.0. The SMILES string of the molecule is Cc1cc(C)c(NC(=O)C(C)(C)C)c(C=O)c1.S=S=S=S=S=S=S=S=S=S=S=S=S=S=S=S=S=S=S=S=S=S=S=S=S=S=S=S=S=S=S=S=S=S=S=S=S=S=S=S=S=S=S=S=S=S=S=S=S=S=S=S=S=S=S=S=S=S=S=S=S=S=S=S=S=S=S=S=S=S=S=S=S=S=S=S=S=S. The summed E-state index contributed by atoms with van der Waals surface area (Å²) in [5.41, 5.74) is 2.59. The van der Waals surface area contributed by atoms with Crippen molar-refractivity contribution >= 4 is 715 Å². The first-order chi connectivity index (χ1) is 46.7. The Kier molecular flexibility index (Phi) is 111. The summed E-state index contributed by atoms with van der Waals surface area (Å²) in [6.07, 6.45) is 0.776. The second-order valence-corrected chi connectivity index (χ2v) is 145. The first kappa shape index (κ1) is 111. The zero-order valence-electron chi connectivity index (χ0n) is 42.9. The van der Waals surface area contributed by atoms with Crippen LogP contribution < -0.4 is 5.32 Å². The van der Waals surface area contributed by atoms with Gasteiger partial charge in [0, 0.05) is 708 Å². The van der Waals surface area contributed by atoms with Gasteiger partial charge in [-0.05, 0) is 25.5 Å². The zero-order valence-corrected chi connectivity index (χ0v) is 107. The molecule has 0 aliphatic rings. The average molecular weight is 2730 g/mol. The maximum Gasteiger partial charge on any atom is 0.229 e. The number of carbonyl (C=O) groups excluding carboxylic acids is 2. The van der Waals surface area contributed by atoms with Gasteiger partial charge in [-0.2, -0.15) is 0 Å². The Morgan fingerprint density at radius 2 is 0.411 bits per heavy atom. The molecule has 0 aliphatic carbocycles. The van der Waals surface area contributed by atoms with Crippen LogP contribution in [0.4, 0.5) is 5.69 Å². The number of aryl methyl sites for hydroxylation is 2. The van der Waals surface area contributed by atoms with E-state index in [-0.39, 0.29) is 5.91 Å². The average Bonchev–Trinajstić information content (AvgIpc) is 0.853. The van der Waals surface area contributed by atoms with Crippen LogP contribution in [0.1, 0.15) is 42.3 Å². The number of carbonyl (C=O) groups is 2. The van der Waals surface area contributed by atoms with Gasteiger partial charge in [-0.1, -0.05) is 32.4 Å². The number of benzene rings is 1. The maximum absolute atomic E-state index is 11.9. The molecule has 0 radical (unpaired) electrons. The molecule has 0 spiro atoms. The number of amides is 1. The van der Waals surface area contributed by atoms with Crippen molar-refractivity contribution in [2.45, 2.75) is 34.6 Å². The molecule has 0 bridgehead atoms. The Morgan fingerprint density at radius 1 is 0.274 bits per heavy atom. The van der Waals surface area contributed by atoms with Crippen molar-refractivity contribution in [3.63, 3.8) is 0 Å². The molecule has 0 saturated heterocycles. The van der Waals surface area contributed by atoms with E-state index in [0.717, 1.165) is 17.4 Å². The van der Waals surface area contributed by atoms with E-state index in [2.05, 4.69) is 5.32 Å². The van der Waals surface area contributed by atoms with Crippen LogP contribution in [0.5, 0.6) is 0 Å². The van der Waals surface area contributed by atoms with Crippen LogP contribution >= 0.6 is 0 Å². The van der Waals surface area contributed by atoms with E-state index in [1.54, 1.807) is 113 Å². The van der Waals surface area contributed by atoms with Crippen LogP contribution in [0.2, 0.25) is 0 Å². The van der Waals surface area contributed by atoms with Gasteiger partial charge in [0.25, 0.3) is 0 Å². The van der Waals surface area contributed by atoms with Crippen LogP contribution in [0.25, 0.3) is 0 Å². The van der Waals surface area contributed by atoms with E-state index in [1.807, 2.05) is 591 Å². The Morgan fingerprint density at radius 3 is 0.526 bits per heavy atom. The first-order valence-corrected chi connectivity index (χ1v) is 121. The molecule has 1 amide bonds. The summed E-state index contributed by atoms with van der Waals surface area (Å²) < 4.78 is 0. The normalized spacial score (nSPS) is 8.43. The molecule has 3 nitrogen and oxygen atoms in total. The molecular weight excluding hydrogens is 2720 g/mol. The predicted octanol–water partition coefficient (Wildman–Crippen LogP) is 2.91. The van der Waals surface area contributed by atoms with Crippen molar-refractivity contribution in [1.82, 2.24) is 0 Å². The summed E-state index contributed by atoms with van der Waals surface area (Å²) in [7, 11) is 137. The summed E-state index contributed by atoms with van der Waals surface area (Å²) >= 11 is 9.65. The minimum atomic E-state index is -0.475. The third-order valence-electron chi connectivity index (χ3n) is 4.64. The Hall–Kier alpha value is 15.5. The standard InChI is InChI=1S/C14H19NO2.S78/c1-9-6-10(2)12(11(7-9)8-16)15-13(17)14(3,4)5;1-3-5-7-9-11-13-15-17-19-21-23-25-27-29-31-33-35-37-39-41-43-45-47-49-51-53-55-57-59-61-63-65-67-69-71-73-75-77-78-76-74-72-70-68-66-64-62-60-58-56-54-52-50-48-46-44-42-40-38-36-34-32-30-28-26-24-22-20-18-16-14-12-10-8-6-4-2/h6-8H,1-5H3,(H,15,17);. The smallest absolute Gasteiger partial charge is 0.229 e. The molecule has 0 atom stereocenters. The fraction of sp³-hybridized carbons (Fsp3) is 0.429. The largest absolute Gasteiger partial charge is 0.325 e. The van der Waals surface area contributed by atoms with Gasteiger partial charge in [-0.25, -0.2) is 0 Å². The zero-order chi connectivity index (χ0) is 69.0. The Balaban J connectivity index is 0.00000446. The highest BCUT2D eigenvalue weighted by Crippen LogP contribution is 2.24. The number of nitrogens with one attached hydrogen (secondary N) is 1. The van der Waals surface area contributed by atoms with Crippen LogP contribution in [0.3, 0.4) is 0 Å². The highest BCUT2D eigenvalue weighted by molar-refractivity contribution is 8.85. The van der Waals surface area contributed by atoms with E-state index >= 15 is 0 Å². The molecule has 1 aromatic carbocycles. The molecule has 560 valence electrons. The molecule has 1 N–H and O–H groups in total. The molecule has 0 fully saturated rings. The van der Waals surface area contributed by atoms with E-state index < -0.39 is 5.41 Å². The monoisotopic (exact) mass is 2730 g/mol. The number of anilines is 1. The fourth-order valence-corrected chi connectivity index (χ4v) is 205. The lowest BCUT2D eigenvalue weighted by molar-refractivity contribution is -0.123. The summed E-state index contributed by atoms with van der Waals surface area (Å²) in [4.78, 5) is 22.9. The van der Waals surface area contributed by atoms with Gasteiger partial charge in [0.1, 0.15) is 0 Å². The van der Waals surface area contributed by atoms with Crippen molar-refractivity contribution in [3.8, 4) is 0 Å². The lowest BCUT2D eigenvalue weighted by Gasteiger charge is -2.20. The third-order valence-corrected chi connectivity index (χ3v) is 171. The molecule has 0 aliphatic heterocycles. The lowest BCUT2D eigenvalue weighted by Crippen LogP contribution is -2.28. The summed E-state index contributed by atoms with van der Waals surface area (Å²) in [5.74, 6) is -0.0902. The topological polar surface area (TPSA) is 46.2 Å². The summed E-state index contributed by atoms with van der Waals surface area (Å²) in [6, 6.07) is 3.73. The van der Waals surface area contributed by atoms with E-state index in [0.29, 0.717) is 11.3 Å². The summed E-state index contributed by atoms with van der Waals surface area (Å²) in [6.45, 7) is 9.33. The van der Waals surface area contributed by atoms with Crippen molar-refractivity contribution < 1.29 is 9.59 Å². The minimum Gasteiger partial charge on any atom is -0.325 e. The Bertz CT molecular complexity index is 6470. The number of rotatable bonds is 2. The quantitative estimate of drug-likeness (QED) is 0.464. The van der Waals surface area contributed by atoms with E-state index in [4.69, 9.17) is 22.4 Å². The van der Waals surface area contributed by atoms with Crippen LogP contribution in [-0.4, -0.2) is 12.2 Å². The number of aldehydes is 1. The fourth-order valence-electron chi connectivity index (χ4n) is 2.40. The molecule has 1 rings (SSSR count). The lowest BCUT2D eigenvalue weighted by atomic mass is 9.95. The van der Waals surface area contributed by atoms with Gasteiger partial charge in [-0.3, -0.25) is 9.59 Å². The Labute approximate surface area is 776 Å². The molecule has 81 heteroatoms. The van der Waals surface area contributed by atoms with Gasteiger partial charge in [0.15, 0.2) is 6.29 Å². The molecule has 95 heavy (non-hydrogen) atoms. The van der Waals surface area contributed by atoms with Gasteiger partial charge in [0.2, 0.25) is 5.91 Å². The highest BCUT2D eigenvalue weighted by atomic mass is 33.6. The van der Waals surface area contributed by atoms with Gasteiger partial charge in [0.05, 0.1) is 5.69 Å². The first-order valence-electron chi connectivity index (χ1n) is 18.5. The number of hydrogen-bond donors (Lipinski definition) is 1. The highest BCUT2D eigenvalue weighted by Gasteiger charge is 2.22. The maximum atomic E-state index is 11.9. The molecule has 0 aromatic heterocycles. The van der Waals surface area contributed by atoms with Crippen molar-refractivity contribution in [2.24, 2.45) is 5.41 Å². The van der Waals surface area contributed by atoms with Crippen molar-refractivity contribution in [1.29, 1.82) is 0 Å². The molecule has 0 heterocycles. The molecule has 0 saturated carbocycles. The van der Waals surface area contributed by atoms with Crippen LogP contribution in [0, 0.1) is 19.3 Å². The van der Waals surface area contributed by atoms with Crippen molar-refractivity contribution in [3.05, 3.63) is 28.8 Å². The van der Waals surface area contributed by atoms with Gasteiger partial charge >= 0.3 is 0 Å². The molecule has 0 unspecified atom stereocenters. The van der Waals surface area contributed by atoms with Gasteiger partial charge < -0.3 is 5.32 Å². The molecular formula is C14H19NO2S78. The van der Waals surface area contributed by atoms with Crippen molar-refractivity contribution in [2.75, 3.05) is 5.32 Å². The second-order valence-electron chi connectivity index (χ2n) is 10.5. The minimum absolute atomic E-state index is 0.0902. The van der Waals surface area contributed by atoms with E-state index in [9.17, 15) is 9.59 Å². The van der Waals surface area contributed by atoms with Gasteiger partial charge in [-0.15, -0.1) is 0 Å². The van der Waals surface area contributed by atoms with Crippen LogP contribution in [0.15, 0.2) is 12.1 Å². The number of hydrogen-bond acceptors (Lipinski definition) is 4. The van der Waals surface area contributed by atoms with Crippen LogP contribution in [-0.2, 0) is 702 Å². The molecule has 1 aromatic rings. The predicted molar refractivity (Wildman–Crippen MR) is 644 cm³/mol. The summed E-state index contributed by atoms with van der Waals surface area (Å²) in [5, 5.41) is 2.83. The van der Waals surface area contributed by atoms with E-state index in [1.165, 1.54) is 17.8 Å². The third kappa shape index (κ3) is 90.1.